The minimum atomic E-state index is -4.64. The van der Waals surface area contributed by atoms with Gasteiger partial charge in [0, 0.05) is 24.5 Å². The highest BCUT2D eigenvalue weighted by molar-refractivity contribution is 7.15. The maximum Gasteiger partial charge on any atom is 0.433 e. The normalized spacial score (nSPS) is 15.4. The van der Waals surface area contributed by atoms with Gasteiger partial charge in [0.1, 0.15) is 5.56 Å². The van der Waals surface area contributed by atoms with Crippen LogP contribution in [0.5, 0.6) is 0 Å². The largest absolute Gasteiger partial charge is 0.433 e. The number of thiophene rings is 1. The van der Waals surface area contributed by atoms with Crippen molar-refractivity contribution < 1.29 is 22.7 Å². The van der Waals surface area contributed by atoms with Gasteiger partial charge in [-0.2, -0.15) is 18.3 Å². The number of alkyl halides is 3. The van der Waals surface area contributed by atoms with Gasteiger partial charge in [0.05, 0.1) is 30.0 Å². The van der Waals surface area contributed by atoms with Gasteiger partial charge < -0.3 is 10.1 Å². The van der Waals surface area contributed by atoms with Crippen molar-refractivity contribution in [2.45, 2.75) is 25.9 Å². The SMILES string of the molecule is CCc1ccc(-c2cc(C(F)(F)F)n3ncc(C(=O)NCCCN4CCOCC4)c3n2)s1. The molecule has 1 aliphatic heterocycles. The lowest BCUT2D eigenvalue weighted by Crippen LogP contribution is -2.38. The predicted octanol–water partition coefficient (Wildman–Crippen LogP) is 3.49. The summed E-state index contributed by atoms with van der Waals surface area (Å²) in [7, 11) is 0. The summed E-state index contributed by atoms with van der Waals surface area (Å²) in [6.45, 7) is 6.32. The van der Waals surface area contributed by atoms with Gasteiger partial charge in [-0.1, -0.05) is 6.92 Å². The fourth-order valence-electron chi connectivity index (χ4n) is 3.58. The molecule has 0 radical (unpaired) electrons. The number of halogens is 3. The number of fused-ring (bicyclic) bond motifs is 1. The van der Waals surface area contributed by atoms with Crippen molar-refractivity contribution in [1.82, 2.24) is 24.8 Å². The highest BCUT2D eigenvalue weighted by Gasteiger charge is 2.36. The zero-order chi connectivity index (χ0) is 22.7. The average Bonchev–Trinajstić information content (AvgIpc) is 3.43. The number of hydrogen-bond acceptors (Lipinski definition) is 6. The van der Waals surface area contributed by atoms with E-state index in [0.717, 1.165) is 49.6 Å². The predicted molar refractivity (Wildman–Crippen MR) is 115 cm³/mol. The first-order valence-corrected chi connectivity index (χ1v) is 11.3. The molecule has 1 saturated heterocycles. The summed E-state index contributed by atoms with van der Waals surface area (Å²) in [5, 5.41) is 6.60. The lowest BCUT2D eigenvalue weighted by Gasteiger charge is -2.26. The van der Waals surface area contributed by atoms with Crippen LogP contribution < -0.4 is 5.32 Å². The van der Waals surface area contributed by atoms with Crippen LogP contribution in [-0.2, 0) is 17.3 Å². The van der Waals surface area contributed by atoms with E-state index in [-0.39, 0.29) is 16.9 Å². The number of hydrogen-bond donors (Lipinski definition) is 1. The minimum absolute atomic E-state index is 0.0241. The van der Waals surface area contributed by atoms with E-state index in [1.54, 1.807) is 6.07 Å². The number of aromatic nitrogens is 3. The quantitative estimate of drug-likeness (QED) is 0.539. The number of ether oxygens (including phenoxy) is 1. The Kier molecular flexibility index (Phi) is 6.77. The van der Waals surface area contributed by atoms with Crippen LogP contribution in [0.3, 0.4) is 0 Å². The Morgan fingerprint density at radius 1 is 1.28 bits per heavy atom. The minimum Gasteiger partial charge on any atom is -0.379 e. The standard InChI is InChI=1S/C21H24F3N5O2S/c1-2-14-4-5-17(32-14)16-12-18(21(22,23)24)29-19(27-16)15(13-26-29)20(30)25-6-3-7-28-8-10-31-11-9-28/h4-5,12-13H,2-3,6-11H2,1H3,(H,25,30). The lowest BCUT2D eigenvalue weighted by molar-refractivity contribution is -0.142. The van der Waals surface area contributed by atoms with Gasteiger partial charge in [-0.15, -0.1) is 11.3 Å². The van der Waals surface area contributed by atoms with E-state index in [9.17, 15) is 18.0 Å². The second kappa shape index (κ2) is 9.55. The molecule has 4 rings (SSSR count). The van der Waals surface area contributed by atoms with Gasteiger partial charge in [-0.3, -0.25) is 9.69 Å². The summed E-state index contributed by atoms with van der Waals surface area (Å²) >= 11 is 1.39. The molecule has 0 aliphatic carbocycles. The van der Waals surface area contributed by atoms with E-state index in [2.05, 4.69) is 20.3 Å². The first-order chi connectivity index (χ1) is 15.4. The third kappa shape index (κ3) is 4.94. The Hall–Kier alpha value is -2.50. The monoisotopic (exact) mass is 467 g/mol. The number of carbonyl (C=O) groups is 1. The molecule has 1 fully saturated rings. The first kappa shape index (κ1) is 22.7. The highest BCUT2D eigenvalue weighted by Crippen LogP contribution is 2.34. The number of nitrogens with one attached hydrogen (secondary N) is 1. The number of rotatable bonds is 7. The van der Waals surface area contributed by atoms with Gasteiger partial charge in [0.2, 0.25) is 0 Å². The molecule has 4 heterocycles. The van der Waals surface area contributed by atoms with Crippen molar-refractivity contribution in [3.05, 3.63) is 40.5 Å². The van der Waals surface area contributed by atoms with Gasteiger partial charge in [0.25, 0.3) is 5.91 Å². The molecule has 3 aromatic heterocycles. The number of morpholine rings is 1. The fraction of sp³-hybridized carbons (Fsp3) is 0.476. The van der Waals surface area contributed by atoms with E-state index in [4.69, 9.17) is 4.74 Å². The van der Waals surface area contributed by atoms with E-state index in [0.29, 0.717) is 29.2 Å². The Balaban J connectivity index is 1.56. The zero-order valence-corrected chi connectivity index (χ0v) is 18.4. The first-order valence-electron chi connectivity index (χ1n) is 10.5. The smallest absolute Gasteiger partial charge is 0.379 e. The molecule has 1 aliphatic rings. The van der Waals surface area contributed by atoms with Gasteiger partial charge >= 0.3 is 6.18 Å². The number of nitrogens with zero attached hydrogens (tertiary/aromatic N) is 4. The van der Waals surface area contributed by atoms with Crippen LogP contribution in [0, 0.1) is 0 Å². The fourth-order valence-corrected chi connectivity index (χ4v) is 4.49. The summed E-state index contributed by atoms with van der Waals surface area (Å²) < 4.78 is 47.2. The molecule has 0 aromatic carbocycles. The van der Waals surface area contributed by atoms with Crippen LogP contribution in [0.2, 0.25) is 0 Å². The number of aryl methyl sites for hydroxylation is 1. The molecule has 1 N–H and O–H groups in total. The van der Waals surface area contributed by atoms with Crippen LogP contribution in [0.4, 0.5) is 13.2 Å². The molecule has 0 bridgehead atoms. The molecule has 172 valence electrons. The summed E-state index contributed by atoms with van der Waals surface area (Å²) in [6.07, 6.45) is -1.99. The van der Waals surface area contributed by atoms with Crippen LogP contribution in [0.1, 0.15) is 34.3 Å². The van der Waals surface area contributed by atoms with Crippen molar-refractivity contribution in [3.63, 3.8) is 0 Å². The summed E-state index contributed by atoms with van der Waals surface area (Å²) in [5.74, 6) is -0.486. The molecule has 11 heteroatoms. The Bertz CT molecular complexity index is 1090. The van der Waals surface area contributed by atoms with Crippen molar-refractivity contribution in [2.75, 3.05) is 39.4 Å². The maximum absolute atomic E-state index is 13.7. The molecule has 0 unspecified atom stereocenters. The molecule has 0 atom stereocenters. The zero-order valence-electron chi connectivity index (χ0n) is 17.6. The summed E-state index contributed by atoms with van der Waals surface area (Å²) in [6, 6.07) is 4.61. The molecule has 32 heavy (non-hydrogen) atoms. The van der Waals surface area contributed by atoms with Crippen LogP contribution in [0.25, 0.3) is 16.2 Å². The van der Waals surface area contributed by atoms with Crippen LogP contribution >= 0.6 is 11.3 Å². The molecule has 0 saturated carbocycles. The Labute approximate surface area is 187 Å². The van der Waals surface area contributed by atoms with Crippen molar-refractivity contribution in [1.29, 1.82) is 0 Å². The van der Waals surface area contributed by atoms with Crippen molar-refractivity contribution in [3.8, 4) is 10.6 Å². The van der Waals surface area contributed by atoms with Gasteiger partial charge in [0.15, 0.2) is 11.3 Å². The molecule has 7 nitrogen and oxygen atoms in total. The third-order valence-electron chi connectivity index (χ3n) is 5.31. The summed E-state index contributed by atoms with van der Waals surface area (Å²) in [4.78, 5) is 21.0. The highest BCUT2D eigenvalue weighted by atomic mass is 32.1. The Morgan fingerprint density at radius 3 is 2.75 bits per heavy atom. The van der Waals surface area contributed by atoms with E-state index >= 15 is 0 Å². The van der Waals surface area contributed by atoms with E-state index < -0.39 is 17.8 Å². The molecular weight excluding hydrogens is 443 g/mol. The number of carbonyl (C=O) groups excluding carboxylic acids is 1. The summed E-state index contributed by atoms with van der Waals surface area (Å²) in [5.41, 5.74) is -0.866. The second-order valence-corrected chi connectivity index (χ2v) is 8.67. The van der Waals surface area contributed by atoms with Crippen molar-refractivity contribution in [2.24, 2.45) is 0 Å². The molecule has 1 amide bonds. The van der Waals surface area contributed by atoms with Crippen molar-refractivity contribution >= 4 is 22.9 Å². The third-order valence-corrected chi connectivity index (χ3v) is 6.56. The van der Waals surface area contributed by atoms with E-state index in [1.165, 1.54) is 11.3 Å². The van der Waals surface area contributed by atoms with Crippen LogP contribution in [0.15, 0.2) is 24.4 Å². The topological polar surface area (TPSA) is 71.8 Å². The molecule has 3 aromatic rings. The second-order valence-electron chi connectivity index (χ2n) is 7.50. The average molecular weight is 468 g/mol. The van der Waals surface area contributed by atoms with Gasteiger partial charge in [-0.05, 0) is 37.6 Å². The molecular formula is C21H24F3N5O2S. The van der Waals surface area contributed by atoms with Gasteiger partial charge in [-0.25, -0.2) is 9.50 Å². The molecule has 0 spiro atoms. The van der Waals surface area contributed by atoms with E-state index in [1.807, 2.05) is 13.0 Å². The maximum atomic E-state index is 13.7. The number of amides is 1. The Morgan fingerprint density at radius 2 is 2.06 bits per heavy atom. The lowest BCUT2D eigenvalue weighted by atomic mass is 10.2. The van der Waals surface area contributed by atoms with Crippen LogP contribution in [-0.4, -0.2) is 64.8 Å².